The number of aliphatic imine (C=N–C) groups is 1. The Balaban J connectivity index is 1.24. The minimum atomic E-state index is -0.866. The summed E-state index contributed by atoms with van der Waals surface area (Å²) < 4.78 is 27.1. The van der Waals surface area contributed by atoms with Crippen molar-refractivity contribution in [2.45, 2.75) is 25.0 Å². The maximum atomic E-state index is 13.7. The molecule has 160 valence electrons. The second kappa shape index (κ2) is 8.19. The van der Waals surface area contributed by atoms with Crippen LogP contribution in [-0.4, -0.2) is 41.2 Å². The van der Waals surface area contributed by atoms with E-state index in [1.165, 1.54) is 6.07 Å². The lowest BCUT2D eigenvalue weighted by atomic mass is 10.0. The number of aromatic nitrogens is 1. The molecule has 4 heterocycles. The number of benzene rings is 1. The van der Waals surface area contributed by atoms with Gasteiger partial charge in [0.15, 0.2) is 17.8 Å². The van der Waals surface area contributed by atoms with Crippen LogP contribution < -0.4 is 15.6 Å². The first kappa shape index (κ1) is 19.8. The number of anilines is 1. The minimum Gasteiger partial charge on any atom is -0.371 e. The number of hydrogen-bond donors (Lipinski definition) is 2. The number of nitrogens with one attached hydrogen (secondary N) is 2. The van der Waals surface area contributed by atoms with Crippen molar-refractivity contribution in [1.29, 1.82) is 0 Å². The maximum Gasteiger partial charge on any atom is 0.213 e. The SMILES string of the molecule is Fc1ccc(C2=CC=CN3NC(NC4CCN(c5ccnc(Cl)c5)CC4)=NC23)cc1F. The number of pyridine rings is 1. The molecule has 1 atom stereocenters. The highest BCUT2D eigenvalue weighted by Crippen LogP contribution is 2.29. The third kappa shape index (κ3) is 4.07. The first-order chi connectivity index (χ1) is 15.1. The third-order valence-corrected chi connectivity index (χ3v) is 5.92. The van der Waals surface area contributed by atoms with Crippen LogP contribution >= 0.6 is 11.6 Å². The van der Waals surface area contributed by atoms with Gasteiger partial charge >= 0.3 is 0 Å². The highest BCUT2D eigenvalue weighted by atomic mass is 35.5. The second-order valence-electron chi connectivity index (χ2n) is 7.71. The van der Waals surface area contributed by atoms with Gasteiger partial charge in [-0.1, -0.05) is 23.7 Å². The standard InChI is InChI=1S/C22H21ClF2N6/c23-20-13-16(5-8-26-20)30-10-6-15(7-11-30)27-22-28-21-17(2-1-9-31(21)29-22)14-3-4-18(24)19(25)12-14/h1-5,8-9,12-13,15,21H,6-7,10-11H2,(H2,27,28,29). The Kier molecular flexibility index (Phi) is 5.23. The average Bonchev–Trinajstić information content (AvgIpc) is 3.19. The van der Waals surface area contributed by atoms with E-state index in [1.54, 1.807) is 12.3 Å². The van der Waals surface area contributed by atoms with Crippen molar-refractivity contribution in [3.8, 4) is 0 Å². The summed E-state index contributed by atoms with van der Waals surface area (Å²) in [6.07, 6.45) is 8.90. The van der Waals surface area contributed by atoms with Crippen LogP contribution in [0.25, 0.3) is 5.57 Å². The molecule has 0 aliphatic carbocycles. The maximum absolute atomic E-state index is 13.7. The Bertz CT molecular complexity index is 1080. The molecule has 2 aromatic rings. The lowest BCUT2D eigenvalue weighted by molar-refractivity contribution is 0.318. The van der Waals surface area contributed by atoms with E-state index < -0.39 is 11.6 Å². The number of rotatable bonds is 3. The predicted molar refractivity (Wildman–Crippen MR) is 117 cm³/mol. The summed E-state index contributed by atoms with van der Waals surface area (Å²) in [4.78, 5) is 11.1. The molecule has 3 aliphatic heterocycles. The summed E-state index contributed by atoms with van der Waals surface area (Å²) in [6, 6.07) is 8.06. The molecule has 1 aromatic heterocycles. The number of guanidine groups is 1. The molecule has 0 bridgehead atoms. The fourth-order valence-corrected chi connectivity index (χ4v) is 4.28. The van der Waals surface area contributed by atoms with Gasteiger partial charge in [-0.3, -0.25) is 10.4 Å². The Hall–Kier alpha value is -3.13. The van der Waals surface area contributed by atoms with Crippen LogP contribution in [0.4, 0.5) is 14.5 Å². The van der Waals surface area contributed by atoms with Crippen molar-refractivity contribution < 1.29 is 8.78 Å². The summed E-state index contributed by atoms with van der Waals surface area (Å²) in [5, 5.41) is 5.84. The van der Waals surface area contributed by atoms with Crippen molar-refractivity contribution in [2.24, 2.45) is 4.99 Å². The molecular weight excluding hydrogens is 422 g/mol. The molecule has 1 unspecified atom stereocenters. The van der Waals surface area contributed by atoms with Gasteiger partial charge in [0, 0.05) is 42.8 Å². The molecule has 3 aliphatic rings. The molecule has 1 fully saturated rings. The van der Waals surface area contributed by atoms with Crippen molar-refractivity contribution >= 4 is 28.8 Å². The largest absolute Gasteiger partial charge is 0.371 e. The van der Waals surface area contributed by atoms with Crippen molar-refractivity contribution in [1.82, 2.24) is 20.7 Å². The lowest BCUT2D eigenvalue weighted by Crippen LogP contribution is -2.49. The number of allylic oxidation sites excluding steroid dienone is 2. The van der Waals surface area contributed by atoms with Crippen molar-refractivity contribution in [2.75, 3.05) is 18.0 Å². The molecule has 6 nitrogen and oxygen atoms in total. The second-order valence-corrected chi connectivity index (χ2v) is 8.09. The van der Waals surface area contributed by atoms with Gasteiger partial charge in [-0.15, -0.1) is 0 Å². The summed E-state index contributed by atoms with van der Waals surface area (Å²) in [7, 11) is 0. The number of hydrogen-bond acceptors (Lipinski definition) is 6. The van der Waals surface area contributed by atoms with Crippen LogP contribution in [0.3, 0.4) is 0 Å². The van der Waals surface area contributed by atoms with Gasteiger partial charge in [-0.2, -0.15) is 0 Å². The van der Waals surface area contributed by atoms with E-state index >= 15 is 0 Å². The van der Waals surface area contributed by atoms with E-state index in [9.17, 15) is 8.78 Å². The number of hydrazine groups is 1. The van der Waals surface area contributed by atoms with Gasteiger partial charge in [0.2, 0.25) is 5.96 Å². The van der Waals surface area contributed by atoms with E-state index in [4.69, 9.17) is 16.6 Å². The van der Waals surface area contributed by atoms with Crippen molar-refractivity contribution in [3.05, 3.63) is 77.2 Å². The monoisotopic (exact) mass is 442 g/mol. The van der Waals surface area contributed by atoms with Crippen LogP contribution in [0.2, 0.25) is 5.15 Å². The van der Waals surface area contributed by atoms with Crippen molar-refractivity contribution in [3.63, 3.8) is 0 Å². The topological polar surface area (TPSA) is 55.8 Å². The van der Waals surface area contributed by atoms with Crippen LogP contribution in [0.5, 0.6) is 0 Å². The Morgan fingerprint density at radius 1 is 1.10 bits per heavy atom. The zero-order valence-electron chi connectivity index (χ0n) is 16.6. The first-order valence-electron chi connectivity index (χ1n) is 10.2. The normalized spacial score (nSPS) is 20.8. The Labute approximate surface area is 183 Å². The number of piperidine rings is 1. The first-order valence-corrected chi connectivity index (χ1v) is 10.5. The summed E-state index contributed by atoms with van der Waals surface area (Å²) in [5.41, 5.74) is 5.74. The third-order valence-electron chi connectivity index (χ3n) is 5.71. The van der Waals surface area contributed by atoms with Gasteiger partial charge < -0.3 is 10.2 Å². The lowest BCUT2D eigenvalue weighted by Gasteiger charge is -2.34. The molecule has 0 radical (unpaired) electrons. The smallest absolute Gasteiger partial charge is 0.213 e. The van der Waals surface area contributed by atoms with E-state index in [1.807, 2.05) is 35.5 Å². The Morgan fingerprint density at radius 3 is 2.71 bits per heavy atom. The van der Waals surface area contributed by atoms with Crippen LogP contribution in [0, 0.1) is 11.6 Å². The van der Waals surface area contributed by atoms with Crippen LogP contribution in [0.15, 0.2) is 59.9 Å². The van der Waals surface area contributed by atoms with Crippen LogP contribution in [0.1, 0.15) is 18.4 Å². The molecule has 0 saturated carbocycles. The molecule has 1 aromatic carbocycles. The minimum absolute atomic E-state index is 0.279. The van der Waals surface area contributed by atoms with Crippen LogP contribution in [-0.2, 0) is 0 Å². The Morgan fingerprint density at radius 2 is 1.94 bits per heavy atom. The molecular formula is C22H21ClF2N6. The fourth-order valence-electron chi connectivity index (χ4n) is 4.12. The quantitative estimate of drug-likeness (QED) is 0.710. The zero-order valence-corrected chi connectivity index (χ0v) is 17.4. The molecule has 2 N–H and O–H groups in total. The van der Waals surface area contributed by atoms with Gasteiger partial charge in [-0.05, 0) is 48.7 Å². The molecule has 0 amide bonds. The molecule has 31 heavy (non-hydrogen) atoms. The highest BCUT2D eigenvalue weighted by molar-refractivity contribution is 6.29. The summed E-state index contributed by atoms with van der Waals surface area (Å²) >= 11 is 6.01. The molecule has 9 heteroatoms. The molecule has 1 saturated heterocycles. The van der Waals surface area contributed by atoms with Gasteiger partial charge in [0.1, 0.15) is 5.15 Å². The van der Waals surface area contributed by atoms with Gasteiger partial charge in [-0.25, -0.2) is 18.8 Å². The fraction of sp³-hybridized carbons (Fsp3) is 0.273. The van der Waals surface area contributed by atoms with E-state index in [0.29, 0.717) is 16.7 Å². The number of fused-ring (bicyclic) bond motifs is 1. The van der Waals surface area contributed by atoms with Gasteiger partial charge in [0.25, 0.3) is 0 Å². The molecule has 5 rings (SSSR count). The van der Waals surface area contributed by atoms with E-state index in [0.717, 1.165) is 43.3 Å². The summed E-state index contributed by atoms with van der Waals surface area (Å²) in [6.45, 7) is 1.80. The number of halogens is 3. The predicted octanol–water partition coefficient (Wildman–Crippen LogP) is 3.68. The van der Waals surface area contributed by atoms with E-state index in [2.05, 4.69) is 20.6 Å². The highest BCUT2D eigenvalue weighted by Gasteiger charge is 2.31. The van der Waals surface area contributed by atoms with E-state index in [-0.39, 0.29) is 12.2 Å². The zero-order chi connectivity index (χ0) is 21.4. The number of nitrogens with zero attached hydrogens (tertiary/aromatic N) is 4. The molecule has 0 spiro atoms. The summed E-state index contributed by atoms with van der Waals surface area (Å²) in [5.74, 6) is -1.05. The average molecular weight is 443 g/mol. The van der Waals surface area contributed by atoms with Gasteiger partial charge in [0.05, 0.1) is 0 Å².